The number of aryl methyl sites for hydroxylation is 1. The molecule has 2 aliphatic rings. The molecule has 0 spiro atoms. The Balaban J connectivity index is 1.62. The summed E-state index contributed by atoms with van der Waals surface area (Å²) in [6.07, 6.45) is 0. The number of sulfonamides is 1. The molecule has 0 N–H and O–H groups in total. The minimum atomic E-state index is -3.58. The number of ether oxygens (including phenoxy) is 1. The van der Waals surface area contributed by atoms with Crippen LogP contribution in [0, 0.1) is 0 Å². The van der Waals surface area contributed by atoms with Gasteiger partial charge in [0.1, 0.15) is 5.82 Å². The number of hydrogen-bond acceptors (Lipinski definition) is 7. The van der Waals surface area contributed by atoms with Gasteiger partial charge in [-0.2, -0.15) is 4.31 Å². The Morgan fingerprint density at radius 2 is 1.79 bits per heavy atom. The fourth-order valence-electron chi connectivity index (χ4n) is 3.84. The van der Waals surface area contributed by atoms with E-state index >= 15 is 0 Å². The topological polar surface area (TPSA) is 102 Å². The van der Waals surface area contributed by atoms with Crippen molar-refractivity contribution in [2.75, 3.05) is 50.9 Å². The van der Waals surface area contributed by atoms with E-state index in [0.29, 0.717) is 58.0 Å². The molecule has 0 radical (unpaired) electrons. The molecule has 0 aliphatic carbocycles. The maximum absolute atomic E-state index is 12.9. The molecule has 0 unspecified atom stereocenters. The fraction of sp³-hybridized carbons (Fsp3) is 0.611. The summed E-state index contributed by atoms with van der Waals surface area (Å²) >= 11 is 0. The van der Waals surface area contributed by atoms with Gasteiger partial charge in [-0.3, -0.25) is 4.90 Å². The normalized spacial score (nSPS) is 21.6. The first-order valence-corrected chi connectivity index (χ1v) is 13.1. The Labute approximate surface area is 171 Å². The van der Waals surface area contributed by atoms with Gasteiger partial charge in [-0.15, -0.1) is 0 Å². The number of imidazole rings is 1. The van der Waals surface area contributed by atoms with Crippen molar-refractivity contribution in [2.45, 2.75) is 24.9 Å². The number of benzene rings is 1. The van der Waals surface area contributed by atoms with E-state index in [1.165, 1.54) is 4.31 Å². The van der Waals surface area contributed by atoms with Crippen LogP contribution in [0.1, 0.15) is 12.7 Å². The van der Waals surface area contributed by atoms with Gasteiger partial charge in [0.2, 0.25) is 10.0 Å². The minimum absolute atomic E-state index is 0.168. The van der Waals surface area contributed by atoms with E-state index in [2.05, 4.69) is 9.47 Å². The van der Waals surface area contributed by atoms with Crippen LogP contribution in [0.25, 0.3) is 11.0 Å². The Kier molecular flexibility index (Phi) is 5.68. The van der Waals surface area contributed by atoms with Crippen molar-refractivity contribution in [1.82, 2.24) is 18.8 Å². The number of aromatic nitrogens is 2. The molecule has 0 saturated carbocycles. The highest BCUT2D eigenvalue weighted by Gasteiger charge is 2.27. The molecule has 2 saturated heterocycles. The van der Waals surface area contributed by atoms with Gasteiger partial charge in [-0.25, -0.2) is 21.8 Å². The lowest BCUT2D eigenvalue weighted by Gasteiger charge is -2.26. The smallest absolute Gasteiger partial charge is 0.243 e. The van der Waals surface area contributed by atoms with Gasteiger partial charge in [0.05, 0.1) is 47.2 Å². The second-order valence-electron chi connectivity index (χ2n) is 7.37. The number of hydrogen-bond donors (Lipinski definition) is 0. The van der Waals surface area contributed by atoms with Crippen LogP contribution in [0.5, 0.6) is 0 Å². The van der Waals surface area contributed by atoms with Crippen LogP contribution in [0.2, 0.25) is 0 Å². The fourth-order valence-corrected chi connectivity index (χ4v) is 6.54. The zero-order valence-electron chi connectivity index (χ0n) is 16.4. The lowest BCUT2D eigenvalue weighted by molar-refractivity contribution is 0.0730. The SMILES string of the molecule is CCn1c(CN2CCS(=O)(=O)CC2)nc2cc(S(=O)(=O)N3CCOCC3)ccc21. The Hall–Kier alpha value is -1.53. The first-order valence-electron chi connectivity index (χ1n) is 9.80. The summed E-state index contributed by atoms with van der Waals surface area (Å²) in [6.45, 7) is 5.77. The molecule has 2 fully saturated rings. The standard InChI is InChI=1S/C18H26N4O5S2/c1-2-22-17-4-3-15(29(25,26)21-5-9-27-10-6-21)13-16(17)19-18(22)14-20-7-11-28(23,24)12-8-20/h3-4,13H,2,5-12,14H2,1H3. The molecule has 0 atom stereocenters. The second-order valence-corrected chi connectivity index (χ2v) is 11.6. The van der Waals surface area contributed by atoms with Crippen LogP contribution in [0.3, 0.4) is 0 Å². The lowest BCUT2D eigenvalue weighted by atomic mass is 10.3. The molecule has 1 aromatic carbocycles. The van der Waals surface area contributed by atoms with Gasteiger partial charge < -0.3 is 9.30 Å². The zero-order chi connectivity index (χ0) is 20.6. The molecule has 3 heterocycles. The predicted octanol–water partition coefficient (Wildman–Crippen LogP) is 0.308. The number of morpholine rings is 1. The summed E-state index contributed by atoms with van der Waals surface area (Å²) in [5, 5.41) is 0. The van der Waals surface area contributed by atoms with Crippen molar-refractivity contribution in [2.24, 2.45) is 0 Å². The molecule has 2 aromatic rings. The van der Waals surface area contributed by atoms with Gasteiger partial charge in [-0.1, -0.05) is 0 Å². The quantitative estimate of drug-likeness (QED) is 0.657. The number of fused-ring (bicyclic) bond motifs is 1. The summed E-state index contributed by atoms with van der Waals surface area (Å²) in [5.74, 6) is 1.16. The predicted molar refractivity (Wildman–Crippen MR) is 109 cm³/mol. The Morgan fingerprint density at radius 1 is 1.10 bits per heavy atom. The van der Waals surface area contributed by atoms with Crippen molar-refractivity contribution >= 4 is 30.9 Å². The average Bonchev–Trinajstić information content (AvgIpc) is 3.06. The van der Waals surface area contributed by atoms with Crippen LogP contribution in [-0.2, 0) is 37.7 Å². The van der Waals surface area contributed by atoms with E-state index in [0.717, 1.165) is 11.3 Å². The largest absolute Gasteiger partial charge is 0.379 e. The molecule has 1 aromatic heterocycles. The third-order valence-electron chi connectivity index (χ3n) is 5.52. The summed E-state index contributed by atoms with van der Waals surface area (Å²) in [6, 6.07) is 5.08. The van der Waals surface area contributed by atoms with E-state index in [4.69, 9.17) is 9.72 Å². The number of rotatable bonds is 5. The summed E-state index contributed by atoms with van der Waals surface area (Å²) in [7, 11) is -6.51. The number of nitrogens with zero attached hydrogens (tertiary/aromatic N) is 4. The third kappa shape index (κ3) is 4.19. The summed E-state index contributed by atoms with van der Waals surface area (Å²) in [5.41, 5.74) is 1.52. The number of sulfone groups is 1. The van der Waals surface area contributed by atoms with Gasteiger partial charge >= 0.3 is 0 Å². The highest BCUT2D eigenvalue weighted by Crippen LogP contribution is 2.24. The monoisotopic (exact) mass is 442 g/mol. The molecule has 160 valence electrons. The third-order valence-corrected chi connectivity index (χ3v) is 9.03. The molecule has 0 bridgehead atoms. The Morgan fingerprint density at radius 3 is 2.45 bits per heavy atom. The molecular weight excluding hydrogens is 416 g/mol. The van der Waals surface area contributed by atoms with Crippen LogP contribution in [-0.4, -0.2) is 86.5 Å². The molecule has 4 rings (SSSR count). The maximum atomic E-state index is 12.9. The van der Waals surface area contributed by atoms with Gasteiger partial charge in [-0.05, 0) is 25.1 Å². The van der Waals surface area contributed by atoms with Crippen molar-refractivity contribution in [3.63, 3.8) is 0 Å². The summed E-state index contributed by atoms with van der Waals surface area (Å²) in [4.78, 5) is 7.02. The average molecular weight is 443 g/mol. The van der Waals surface area contributed by atoms with Crippen LogP contribution >= 0.6 is 0 Å². The van der Waals surface area contributed by atoms with E-state index < -0.39 is 19.9 Å². The van der Waals surface area contributed by atoms with Crippen molar-refractivity contribution in [3.8, 4) is 0 Å². The molecule has 11 heteroatoms. The van der Waals surface area contributed by atoms with Crippen molar-refractivity contribution in [1.29, 1.82) is 0 Å². The van der Waals surface area contributed by atoms with Gasteiger partial charge in [0, 0.05) is 32.7 Å². The van der Waals surface area contributed by atoms with E-state index in [1.54, 1.807) is 12.1 Å². The maximum Gasteiger partial charge on any atom is 0.243 e. The molecule has 2 aliphatic heterocycles. The molecule has 0 amide bonds. The van der Waals surface area contributed by atoms with E-state index in [1.807, 2.05) is 13.0 Å². The zero-order valence-corrected chi connectivity index (χ0v) is 18.1. The first-order chi connectivity index (χ1) is 13.8. The van der Waals surface area contributed by atoms with Crippen LogP contribution < -0.4 is 0 Å². The highest BCUT2D eigenvalue weighted by molar-refractivity contribution is 7.91. The molecule has 9 nitrogen and oxygen atoms in total. The van der Waals surface area contributed by atoms with Gasteiger partial charge in [0.15, 0.2) is 9.84 Å². The van der Waals surface area contributed by atoms with Gasteiger partial charge in [0.25, 0.3) is 0 Å². The van der Waals surface area contributed by atoms with E-state index in [9.17, 15) is 16.8 Å². The first kappa shape index (κ1) is 20.7. The van der Waals surface area contributed by atoms with Crippen molar-refractivity contribution in [3.05, 3.63) is 24.0 Å². The Bertz CT molecular complexity index is 1090. The minimum Gasteiger partial charge on any atom is -0.379 e. The van der Waals surface area contributed by atoms with E-state index in [-0.39, 0.29) is 16.4 Å². The summed E-state index contributed by atoms with van der Waals surface area (Å²) < 4.78 is 58.0. The second kappa shape index (κ2) is 7.95. The lowest BCUT2D eigenvalue weighted by Crippen LogP contribution is -2.40. The molecular formula is C18H26N4O5S2. The molecule has 29 heavy (non-hydrogen) atoms. The van der Waals surface area contributed by atoms with Crippen LogP contribution in [0.15, 0.2) is 23.1 Å². The van der Waals surface area contributed by atoms with Crippen LogP contribution in [0.4, 0.5) is 0 Å². The van der Waals surface area contributed by atoms with Crippen molar-refractivity contribution < 1.29 is 21.6 Å². The highest BCUT2D eigenvalue weighted by atomic mass is 32.2.